The lowest BCUT2D eigenvalue weighted by Gasteiger charge is -2.00. The summed E-state index contributed by atoms with van der Waals surface area (Å²) in [5, 5.41) is 10.6. The third-order valence-corrected chi connectivity index (χ3v) is 3.31. The van der Waals surface area contributed by atoms with Gasteiger partial charge in [-0.15, -0.1) is 0 Å². The number of nitrogens with one attached hydrogen (secondary N) is 2. The van der Waals surface area contributed by atoms with Crippen LogP contribution in [0.3, 0.4) is 0 Å². The number of benzene rings is 2. The van der Waals surface area contributed by atoms with E-state index >= 15 is 0 Å². The van der Waals surface area contributed by atoms with E-state index in [0.717, 1.165) is 27.2 Å². The van der Waals surface area contributed by atoms with Gasteiger partial charge in [-0.05, 0) is 29.8 Å². The Hall–Kier alpha value is -2.07. The third kappa shape index (κ3) is 2.85. The van der Waals surface area contributed by atoms with Crippen molar-refractivity contribution in [2.45, 2.75) is 0 Å². The van der Waals surface area contributed by atoms with Crippen LogP contribution in [0.1, 0.15) is 0 Å². The summed E-state index contributed by atoms with van der Waals surface area (Å²) in [6.07, 6.45) is 0. The van der Waals surface area contributed by atoms with E-state index in [1.807, 2.05) is 60.7 Å². The van der Waals surface area contributed by atoms with Crippen molar-refractivity contribution in [3.8, 4) is 11.3 Å². The maximum Gasteiger partial charge on any atom is 0.152 e. The Labute approximate surface area is 119 Å². The minimum atomic E-state index is 0.809. The van der Waals surface area contributed by atoms with Crippen LogP contribution in [0.4, 0.5) is 11.5 Å². The fourth-order valence-corrected chi connectivity index (χ4v) is 2.10. The highest BCUT2D eigenvalue weighted by atomic mass is 79.9. The van der Waals surface area contributed by atoms with E-state index in [2.05, 4.69) is 31.4 Å². The standard InChI is InChI=1S/C15H12BrN3/c16-12-8-6-11(7-9-12)14-10-15(19-18-14)17-13-4-2-1-3-5-13/h1-10H,(H2,17,18,19). The lowest BCUT2D eigenvalue weighted by Crippen LogP contribution is -1.88. The molecule has 2 aromatic carbocycles. The van der Waals surface area contributed by atoms with Crippen molar-refractivity contribution >= 4 is 27.4 Å². The number of nitrogens with zero attached hydrogens (tertiary/aromatic N) is 1. The zero-order chi connectivity index (χ0) is 13.1. The van der Waals surface area contributed by atoms with E-state index in [4.69, 9.17) is 0 Å². The monoisotopic (exact) mass is 313 g/mol. The molecule has 0 amide bonds. The average Bonchev–Trinajstić information content (AvgIpc) is 2.89. The lowest BCUT2D eigenvalue weighted by atomic mass is 10.1. The molecular formula is C15H12BrN3. The Kier molecular flexibility index (Phi) is 3.33. The van der Waals surface area contributed by atoms with Crippen molar-refractivity contribution < 1.29 is 0 Å². The van der Waals surface area contributed by atoms with Crippen LogP contribution in [0.25, 0.3) is 11.3 Å². The van der Waals surface area contributed by atoms with Crippen LogP contribution in [0.2, 0.25) is 0 Å². The van der Waals surface area contributed by atoms with Gasteiger partial charge in [-0.1, -0.05) is 46.3 Å². The fourth-order valence-electron chi connectivity index (χ4n) is 1.83. The van der Waals surface area contributed by atoms with E-state index in [1.54, 1.807) is 0 Å². The number of para-hydroxylation sites is 1. The van der Waals surface area contributed by atoms with Gasteiger partial charge in [0.1, 0.15) is 0 Å². The summed E-state index contributed by atoms with van der Waals surface area (Å²) < 4.78 is 1.07. The highest BCUT2D eigenvalue weighted by Gasteiger charge is 2.03. The molecule has 0 fully saturated rings. The molecule has 94 valence electrons. The lowest BCUT2D eigenvalue weighted by molar-refractivity contribution is 1.10. The fraction of sp³-hybridized carbons (Fsp3) is 0. The van der Waals surface area contributed by atoms with Gasteiger partial charge in [0.2, 0.25) is 0 Å². The summed E-state index contributed by atoms with van der Waals surface area (Å²) in [6.45, 7) is 0. The number of aromatic amines is 1. The van der Waals surface area contributed by atoms with Crippen LogP contribution < -0.4 is 5.32 Å². The maximum absolute atomic E-state index is 4.26. The molecule has 0 bridgehead atoms. The van der Waals surface area contributed by atoms with Gasteiger partial charge in [0, 0.05) is 16.2 Å². The van der Waals surface area contributed by atoms with Gasteiger partial charge in [0.05, 0.1) is 5.69 Å². The van der Waals surface area contributed by atoms with Gasteiger partial charge in [0.15, 0.2) is 5.82 Å². The highest BCUT2D eigenvalue weighted by molar-refractivity contribution is 9.10. The Morgan fingerprint density at radius 1 is 0.947 bits per heavy atom. The molecule has 3 nitrogen and oxygen atoms in total. The normalized spacial score (nSPS) is 10.4. The van der Waals surface area contributed by atoms with Crippen molar-refractivity contribution in [2.75, 3.05) is 5.32 Å². The molecular weight excluding hydrogens is 302 g/mol. The van der Waals surface area contributed by atoms with Gasteiger partial charge in [-0.2, -0.15) is 5.10 Å². The highest BCUT2D eigenvalue weighted by Crippen LogP contribution is 2.23. The summed E-state index contributed by atoms with van der Waals surface area (Å²) in [5.74, 6) is 0.809. The van der Waals surface area contributed by atoms with Gasteiger partial charge in [-0.25, -0.2) is 0 Å². The van der Waals surface area contributed by atoms with Crippen molar-refractivity contribution in [1.82, 2.24) is 10.2 Å². The van der Waals surface area contributed by atoms with Crippen molar-refractivity contribution in [2.24, 2.45) is 0 Å². The van der Waals surface area contributed by atoms with E-state index in [-0.39, 0.29) is 0 Å². The summed E-state index contributed by atoms with van der Waals surface area (Å²) >= 11 is 3.43. The molecule has 3 aromatic rings. The van der Waals surface area contributed by atoms with Gasteiger partial charge in [0.25, 0.3) is 0 Å². The molecule has 0 saturated carbocycles. The minimum absolute atomic E-state index is 0.809. The molecule has 0 aliphatic carbocycles. The number of rotatable bonds is 3. The molecule has 0 aliphatic heterocycles. The first-order valence-corrected chi connectivity index (χ1v) is 6.74. The summed E-state index contributed by atoms with van der Waals surface area (Å²) in [4.78, 5) is 0. The second-order valence-corrected chi connectivity index (χ2v) is 5.08. The number of hydrogen-bond acceptors (Lipinski definition) is 2. The second-order valence-electron chi connectivity index (χ2n) is 4.16. The second kappa shape index (κ2) is 5.28. The number of halogens is 1. The van der Waals surface area contributed by atoms with Crippen LogP contribution in [-0.2, 0) is 0 Å². The molecule has 0 spiro atoms. The maximum atomic E-state index is 4.26. The van der Waals surface area contributed by atoms with Gasteiger partial charge in [-0.3, -0.25) is 5.10 Å². The van der Waals surface area contributed by atoms with Crippen LogP contribution in [0, 0.1) is 0 Å². The Balaban J connectivity index is 1.82. The Bertz CT molecular complexity index is 659. The quantitative estimate of drug-likeness (QED) is 0.743. The molecule has 0 unspecified atom stereocenters. The zero-order valence-corrected chi connectivity index (χ0v) is 11.7. The summed E-state index contributed by atoms with van der Waals surface area (Å²) in [7, 11) is 0. The number of H-pyrrole nitrogens is 1. The summed E-state index contributed by atoms with van der Waals surface area (Å²) in [6, 6.07) is 20.1. The van der Waals surface area contributed by atoms with Crippen LogP contribution in [-0.4, -0.2) is 10.2 Å². The SMILES string of the molecule is Brc1ccc(-c2cc(Nc3ccccc3)n[nH]2)cc1. The van der Waals surface area contributed by atoms with Crippen LogP contribution in [0.15, 0.2) is 65.1 Å². The first-order valence-electron chi connectivity index (χ1n) is 5.95. The predicted octanol–water partition coefficient (Wildman–Crippen LogP) is 4.58. The zero-order valence-electron chi connectivity index (χ0n) is 10.1. The number of hydrogen-bond donors (Lipinski definition) is 2. The molecule has 0 radical (unpaired) electrons. The van der Waals surface area contributed by atoms with Crippen molar-refractivity contribution in [3.05, 3.63) is 65.1 Å². The predicted molar refractivity (Wildman–Crippen MR) is 81.4 cm³/mol. The van der Waals surface area contributed by atoms with Crippen molar-refractivity contribution in [1.29, 1.82) is 0 Å². The van der Waals surface area contributed by atoms with E-state index < -0.39 is 0 Å². The average molecular weight is 314 g/mol. The number of aromatic nitrogens is 2. The molecule has 1 heterocycles. The Morgan fingerprint density at radius 3 is 2.42 bits per heavy atom. The van der Waals surface area contributed by atoms with Crippen molar-refractivity contribution in [3.63, 3.8) is 0 Å². The van der Waals surface area contributed by atoms with E-state index in [1.165, 1.54) is 0 Å². The molecule has 0 atom stereocenters. The molecule has 2 N–H and O–H groups in total. The van der Waals surface area contributed by atoms with Gasteiger partial charge >= 0.3 is 0 Å². The topological polar surface area (TPSA) is 40.7 Å². The molecule has 1 aromatic heterocycles. The number of anilines is 2. The van der Waals surface area contributed by atoms with E-state index in [0.29, 0.717) is 0 Å². The van der Waals surface area contributed by atoms with Crippen LogP contribution >= 0.6 is 15.9 Å². The minimum Gasteiger partial charge on any atom is -0.339 e. The summed E-state index contributed by atoms with van der Waals surface area (Å²) in [5.41, 5.74) is 3.12. The van der Waals surface area contributed by atoms with Gasteiger partial charge < -0.3 is 5.32 Å². The van der Waals surface area contributed by atoms with Crippen LogP contribution in [0.5, 0.6) is 0 Å². The first kappa shape index (κ1) is 12.0. The molecule has 3 rings (SSSR count). The Morgan fingerprint density at radius 2 is 1.68 bits per heavy atom. The largest absolute Gasteiger partial charge is 0.339 e. The molecule has 0 saturated heterocycles. The van der Waals surface area contributed by atoms with E-state index in [9.17, 15) is 0 Å². The molecule has 19 heavy (non-hydrogen) atoms. The first-order chi connectivity index (χ1) is 9.31. The molecule has 0 aliphatic rings. The molecule has 4 heteroatoms. The third-order valence-electron chi connectivity index (χ3n) is 2.78. The smallest absolute Gasteiger partial charge is 0.152 e.